The van der Waals surface area contributed by atoms with Crippen molar-refractivity contribution in [2.24, 2.45) is 34.6 Å². The van der Waals surface area contributed by atoms with Gasteiger partial charge in [-0.3, -0.25) is 29.1 Å². The molecule has 0 bridgehead atoms. The molecule has 0 unspecified atom stereocenters. The summed E-state index contributed by atoms with van der Waals surface area (Å²) in [6, 6.07) is -1.23. The number of hydrogen-bond donors (Lipinski definition) is 2. The maximum atomic E-state index is 13.4. The fourth-order valence-electron chi connectivity index (χ4n) is 7.41. The van der Waals surface area contributed by atoms with Crippen molar-refractivity contribution in [3.63, 3.8) is 0 Å². The first-order valence-electron chi connectivity index (χ1n) is 13.6. The van der Waals surface area contributed by atoms with E-state index in [1.807, 2.05) is 0 Å². The van der Waals surface area contributed by atoms with Crippen molar-refractivity contribution >= 4 is 29.8 Å². The van der Waals surface area contributed by atoms with Gasteiger partial charge >= 0.3 is 12.1 Å². The standard InChI is InChI=1S/C26H36N6O6/c1-14-7-16(14)9-30-20(33)18(19(27)28)21(34)32(24(30)37)17-3-5-25(6-4-17)12-26(13-25)22(35)29(2)23(36)31(26)8-15-10-38-11-15/h14-17H,3-13,27-28H2,1-2H3/t14-,16+,17?,25?,26?/m1/s1. The van der Waals surface area contributed by atoms with E-state index in [1.165, 1.54) is 9.80 Å². The molecule has 0 aromatic heterocycles. The topological polar surface area (TPSA) is 160 Å². The molecule has 12 heteroatoms. The highest BCUT2D eigenvalue weighted by Gasteiger charge is 2.68. The number of likely N-dealkylation sites (N-methyl/N-ethyl adjacent to an activating group) is 1. The summed E-state index contributed by atoms with van der Waals surface area (Å²) in [6.07, 6.45) is 4.64. The molecule has 4 N–H and O–H groups in total. The van der Waals surface area contributed by atoms with E-state index in [0.29, 0.717) is 64.2 Å². The minimum atomic E-state index is -0.806. The average molecular weight is 529 g/mol. The highest BCUT2D eigenvalue weighted by molar-refractivity contribution is 6.29. The second-order valence-corrected chi connectivity index (χ2v) is 12.5. The first-order chi connectivity index (χ1) is 18.0. The second-order valence-electron chi connectivity index (χ2n) is 12.5. The van der Waals surface area contributed by atoms with Crippen LogP contribution in [0, 0.1) is 23.2 Å². The van der Waals surface area contributed by atoms with Gasteiger partial charge in [-0.2, -0.15) is 0 Å². The van der Waals surface area contributed by atoms with Crippen LogP contribution >= 0.6 is 0 Å². The lowest BCUT2D eigenvalue weighted by Crippen LogP contribution is -2.66. The summed E-state index contributed by atoms with van der Waals surface area (Å²) in [5.41, 5.74) is 10.2. The Bertz CT molecular complexity index is 1140. The smallest absolute Gasteiger partial charge is 0.334 e. The third-order valence-corrected chi connectivity index (χ3v) is 9.91. The molecule has 6 rings (SSSR count). The summed E-state index contributed by atoms with van der Waals surface area (Å²) in [6.45, 7) is 4.04. The molecule has 206 valence electrons. The minimum Gasteiger partial charge on any atom is -0.385 e. The van der Waals surface area contributed by atoms with Crippen LogP contribution in [-0.4, -0.2) is 94.3 Å². The summed E-state index contributed by atoms with van der Waals surface area (Å²) in [4.78, 5) is 71.1. The molecule has 3 aliphatic heterocycles. The van der Waals surface area contributed by atoms with Gasteiger partial charge in [0.05, 0.1) is 13.2 Å². The molecule has 12 nitrogen and oxygen atoms in total. The number of imide groups is 3. The number of carbonyl (C=O) groups excluding carboxylic acids is 5. The monoisotopic (exact) mass is 528 g/mol. The van der Waals surface area contributed by atoms with Crippen molar-refractivity contribution in [1.82, 2.24) is 19.6 Å². The maximum absolute atomic E-state index is 13.4. The summed E-state index contributed by atoms with van der Waals surface area (Å²) >= 11 is 0. The quantitative estimate of drug-likeness (QED) is 0.297. The molecule has 0 aromatic rings. The summed E-state index contributed by atoms with van der Waals surface area (Å²) in [7, 11) is 1.54. The van der Waals surface area contributed by atoms with Gasteiger partial charge in [0.2, 0.25) is 0 Å². The molecule has 3 saturated carbocycles. The lowest BCUT2D eigenvalue weighted by molar-refractivity contribution is -0.153. The van der Waals surface area contributed by atoms with Gasteiger partial charge in [0.1, 0.15) is 16.9 Å². The van der Waals surface area contributed by atoms with Gasteiger partial charge in [0, 0.05) is 32.1 Å². The summed E-state index contributed by atoms with van der Waals surface area (Å²) in [5, 5.41) is 0. The highest BCUT2D eigenvalue weighted by atomic mass is 16.5. The third-order valence-electron chi connectivity index (χ3n) is 9.91. The molecule has 6 aliphatic rings. The molecular weight excluding hydrogens is 492 g/mol. The van der Waals surface area contributed by atoms with Gasteiger partial charge in [-0.05, 0) is 62.2 Å². The number of ether oxygens (including phenoxy) is 1. The zero-order chi connectivity index (χ0) is 27.1. The number of nitrogens with zero attached hydrogens (tertiary/aromatic N) is 4. The fraction of sp³-hybridized carbons (Fsp3) is 0.731. The molecule has 7 amide bonds. The van der Waals surface area contributed by atoms with Gasteiger partial charge in [-0.15, -0.1) is 0 Å². The van der Waals surface area contributed by atoms with Crippen LogP contribution in [0.4, 0.5) is 9.59 Å². The number of hydrogen-bond acceptors (Lipinski definition) is 8. The van der Waals surface area contributed by atoms with Crippen LogP contribution in [0.15, 0.2) is 11.4 Å². The van der Waals surface area contributed by atoms with Gasteiger partial charge in [-0.25, -0.2) is 9.59 Å². The number of urea groups is 2. The zero-order valence-corrected chi connectivity index (χ0v) is 22.0. The van der Waals surface area contributed by atoms with Crippen LogP contribution < -0.4 is 11.5 Å². The number of rotatable bonds is 5. The number of carbonyl (C=O) groups is 5. The van der Waals surface area contributed by atoms with Crippen molar-refractivity contribution in [3.8, 4) is 0 Å². The van der Waals surface area contributed by atoms with E-state index in [2.05, 4.69) is 6.92 Å². The van der Waals surface area contributed by atoms with Crippen LogP contribution in [0.2, 0.25) is 0 Å². The van der Waals surface area contributed by atoms with Crippen molar-refractivity contribution in [1.29, 1.82) is 0 Å². The van der Waals surface area contributed by atoms with Crippen LogP contribution in [-0.2, 0) is 19.1 Å². The summed E-state index contributed by atoms with van der Waals surface area (Å²) in [5.74, 6) is -1.06. The Morgan fingerprint density at radius 2 is 1.61 bits per heavy atom. The van der Waals surface area contributed by atoms with E-state index in [1.54, 1.807) is 11.9 Å². The van der Waals surface area contributed by atoms with Gasteiger partial charge in [0.15, 0.2) is 0 Å². The molecule has 3 saturated heterocycles. The van der Waals surface area contributed by atoms with Crippen LogP contribution in [0.1, 0.15) is 51.9 Å². The molecule has 3 aliphatic carbocycles. The minimum absolute atomic E-state index is 0.127. The van der Waals surface area contributed by atoms with E-state index < -0.39 is 23.4 Å². The Balaban J connectivity index is 1.16. The Morgan fingerprint density at radius 1 is 0.974 bits per heavy atom. The Labute approximate surface area is 221 Å². The van der Waals surface area contributed by atoms with E-state index in [4.69, 9.17) is 16.2 Å². The molecule has 0 aromatic carbocycles. The third kappa shape index (κ3) is 3.55. The SMILES string of the molecule is C[C@@H]1C[C@H]1CN1C(=O)C(=C(N)N)C(=O)N(C2CCC3(CC2)CC2(C3)C(=O)N(C)C(=O)N2CC2COC2)C1=O. The molecule has 2 spiro atoms. The van der Waals surface area contributed by atoms with Crippen molar-refractivity contribution in [2.45, 2.75) is 63.5 Å². The number of nitrogens with two attached hydrogens (primary N) is 2. The van der Waals surface area contributed by atoms with Crippen LogP contribution in [0.5, 0.6) is 0 Å². The molecule has 6 fully saturated rings. The normalized spacial score (nSPS) is 37.5. The Morgan fingerprint density at radius 3 is 2.13 bits per heavy atom. The van der Waals surface area contributed by atoms with E-state index in [-0.39, 0.29) is 53.2 Å². The van der Waals surface area contributed by atoms with Crippen LogP contribution in [0.25, 0.3) is 0 Å². The molecule has 38 heavy (non-hydrogen) atoms. The number of amides is 7. The van der Waals surface area contributed by atoms with E-state index in [0.717, 1.165) is 11.3 Å². The van der Waals surface area contributed by atoms with E-state index in [9.17, 15) is 24.0 Å². The Kier molecular flexibility index (Phi) is 5.57. The largest absolute Gasteiger partial charge is 0.385 e. The maximum Gasteiger partial charge on any atom is 0.334 e. The first-order valence-corrected chi connectivity index (χ1v) is 13.6. The van der Waals surface area contributed by atoms with Gasteiger partial charge in [-0.1, -0.05) is 6.92 Å². The predicted molar refractivity (Wildman–Crippen MR) is 132 cm³/mol. The van der Waals surface area contributed by atoms with Crippen molar-refractivity contribution in [3.05, 3.63) is 11.4 Å². The zero-order valence-electron chi connectivity index (χ0n) is 22.0. The van der Waals surface area contributed by atoms with E-state index >= 15 is 0 Å². The second kappa shape index (κ2) is 8.42. The van der Waals surface area contributed by atoms with Gasteiger partial charge in [0.25, 0.3) is 17.7 Å². The van der Waals surface area contributed by atoms with Gasteiger partial charge < -0.3 is 21.1 Å². The van der Waals surface area contributed by atoms with Crippen molar-refractivity contribution in [2.75, 3.05) is 33.4 Å². The summed E-state index contributed by atoms with van der Waals surface area (Å²) < 4.78 is 5.28. The highest BCUT2D eigenvalue weighted by Crippen LogP contribution is 2.61. The Hall–Kier alpha value is -3.15. The fourth-order valence-corrected chi connectivity index (χ4v) is 7.41. The number of barbiturate groups is 1. The van der Waals surface area contributed by atoms with Crippen molar-refractivity contribution < 1.29 is 28.7 Å². The first kappa shape index (κ1) is 25.1. The lowest BCUT2D eigenvalue weighted by atomic mass is 9.51. The van der Waals surface area contributed by atoms with Crippen LogP contribution in [0.3, 0.4) is 0 Å². The average Bonchev–Trinajstić information content (AvgIpc) is 3.49. The predicted octanol–water partition coefficient (Wildman–Crippen LogP) is 0.564. The molecule has 0 radical (unpaired) electrons. The lowest BCUT2D eigenvalue weighted by Gasteiger charge is -2.59. The molecular formula is C26H36N6O6. The molecule has 2 atom stereocenters. The molecule has 3 heterocycles.